The number of hydrogen-bond donors (Lipinski definition) is 1. The second-order valence-corrected chi connectivity index (χ2v) is 2.75. The highest BCUT2D eigenvalue weighted by Gasteiger charge is 1.92. The Morgan fingerprint density at radius 3 is 2.60 bits per heavy atom. The number of oxime groups is 1. The standard InChI is InChI=1S/C7H16N2O/c1-6(2)4-5-10-9-7(3)8/h6H,4-5H2,1-3H3,(H2,8,9). The van der Waals surface area contributed by atoms with Gasteiger partial charge in [0, 0.05) is 0 Å². The molecule has 0 aliphatic carbocycles. The number of nitrogens with two attached hydrogens (primary N) is 1. The van der Waals surface area contributed by atoms with Gasteiger partial charge in [0.25, 0.3) is 0 Å². The summed E-state index contributed by atoms with van der Waals surface area (Å²) in [6.45, 7) is 6.65. The van der Waals surface area contributed by atoms with Gasteiger partial charge in [0.2, 0.25) is 0 Å². The number of amidine groups is 1. The van der Waals surface area contributed by atoms with Gasteiger partial charge in [-0.1, -0.05) is 19.0 Å². The topological polar surface area (TPSA) is 47.6 Å². The Labute approximate surface area is 62.2 Å². The van der Waals surface area contributed by atoms with Gasteiger partial charge in [-0.2, -0.15) is 0 Å². The summed E-state index contributed by atoms with van der Waals surface area (Å²) in [4.78, 5) is 4.87. The number of hydrogen-bond acceptors (Lipinski definition) is 2. The zero-order chi connectivity index (χ0) is 7.98. The third-order valence-corrected chi connectivity index (χ3v) is 0.995. The minimum absolute atomic E-state index is 0.476. The van der Waals surface area contributed by atoms with Crippen LogP contribution in [-0.2, 0) is 4.84 Å². The minimum atomic E-state index is 0.476. The Bertz CT molecular complexity index is 106. The van der Waals surface area contributed by atoms with Crippen molar-refractivity contribution >= 4 is 5.84 Å². The van der Waals surface area contributed by atoms with E-state index in [1.807, 2.05) is 0 Å². The summed E-state index contributed by atoms with van der Waals surface area (Å²) in [7, 11) is 0. The lowest BCUT2D eigenvalue weighted by Gasteiger charge is -2.01. The zero-order valence-corrected chi connectivity index (χ0v) is 6.92. The van der Waals surface area contributed by atoms with E-state index in [1.54, 1.807) is 6.92 Å². The predicted molar refractivity (Wildman–Crippen MR) is 42.7 cm³/mol. The molecule has 0 saturated carbocycles. The van der Waals surface area contributed by atoms with E-state index in [4.69, 9.17) is 10.6 Å². The average molecular weight is 144 g/mol. The summed E-state index contributed by atoms with van der Waals surface area (Å²) in [5, 5.41) is 3.59. The molecule has 10 heavy (non-hydrogen) atoms. The normalized spacial score (nSPS) is 12.2. The molecule has 0 bridgehead atoms. The van der Waals surface area contributed by atoms with E-state index in [0.29, 0.717) is 18.4 Å². The summed E-state index contributed by atoms with van der Waals surface area (Å²) >= 11 is 0. The van der Waals surface area contributed by atoms with Gasteiger partial charge in [-0.05, 0) is 19.3 Å². The Morgan fingerprint density at radius 2 is 2.20 bits per heavy atom. The van der Waals surface area contributed by atoms with Crippen LogP contribution in [0.25, 0.3) is 0 Å². The molecule has 0 aromatic rings. The van der Waals surface area contributed by atoms with Crippen molar-refractivity contribution in [2.45, 2.75) is 27.2 Å². The largest absolute Gasteiger partial charge is 0.394 e. The van der Waals surface area contributed by atoms with E-state index in [-0.39, 0.29) is 0 Å². The van der Waals surface area contributed by atoms with E-state index < -0.39 is 0 Å². The summed E-state index contributed by atoms with van der Waals surface area (Å²) in [5.74, 6) is 1.14. The maximum absolute atomic E-state index is 5.23. The van der Waals surface area contributed by atoms with Crippen LogP contribution in [0.5, 0.6) is 0 Å². The molecule has 0 unspecified atom stereocenters. The lowest BCUT2D eigenvalue weighted by molar-refractivity contribution is 0.132. The van der Waals surface area contributed by atoms with Crippen molar-refractivity contribution in [1.29, 1.82) is 0 Å². The van der Waals surface area contributed by atoms with Crippen molar-refractivity contribution in [3.8, 4) is 0 Å². The fraction of sp³-hybridized carbons (Fsp3) is 0.857. The first-order valence-electron chi connectivity index (χ1n) is 3.55. The van der Waals surface area contributed by atoms with Crippen LogP contribution in [0.15, 0.2) is 5.16 Å². The molecule has 3 heteroatoms. The minimum Gasteiger partial charge on any atom is -0.394 e. The molecule has 0 spiro atoms. The molecule has 0 aliphatic heterocycles. The van der Waals surface area contributed by atoms with Crippen LogP contribution >= 0.6 is 0 Å². The molecule has 0 rings (SSSR count). The Morgan fingerprint density at radius 1 is 1.60 bits per heavy atom. The van der Waals surface area contributed by atoms with Crippen LogP contribution in [0, 0.1) is 5.92 Å². The van der Waals surface area contributed by atoms with Crippen molar-refractivity contribution in [2.75, 3.05) is 6.61 Å². The zero-order valence-electron chi connectivity index (χ0n) is 6.92. The molecule has 60 valence electrons. The highest BCUT2D eigenvalue weighted by atomic mass is 16.6. The van der Waals surface area contributed by atoms with Crippen LogP contribution in [0.3, 0.4) is 0 Å². The predicted octanol–water partition coefficient (Wildman–Crippen LogP) is 1.34. The van der Waals surface area contributed by atoms with Gasteiger partial charge in [0.05, 0.1) is 0 Å². The van der Waals surface area contributed by atoms with E-state index >= 15 is 0 Å². The van der Waals surface area contributed by atoms with Crippen molar-refractivity contribution in [1.82, 2.24) is 0 Å². The highest BCUT2D eigenvalue weighted by molar-refractivity contribution is 5.76. The highest BCUT2D eigenvalue weighted by Crippen LogP contribution is 1.98. The fourth-order valence-corrected chi connectivity index (χ4v) is 0.436. The van der Waals surface area contributed by atoms with Gasteiger partial charge in [0.15, 0.2) is 0 Å². The first-order chi connectivity index (χ1) is 4.63. The summed E-state index contributed by atoms with van der Waals surface area (Å²) in [5.41, 5.74) is 5.23. The first-order valence-corrected chi connectivity index (χ1v) is 3.55. The summed E-state index contributed by atoms with van der Waals surface area (Å²) < 4.78 is 0. The lowest BCUT2D eigenvalue weighted by atomic mass is 10.1. The molecule has 0 fully saturated rings. The second kappa shape index (κ2) is 5.09. The van der Waals surface area contributed by atoms with Gasteiger partial charge in [-0.15, -0.1) is 0 Å². The van der Waals surface area contributed by atoms with Crippen LogP contribution in [0.1, 0.15) is 27.2 Å². The SMILES string of the molecule is C/C(N)=N/OCCC(C)C. The third kappa shape index (κ3) is 7.27. The summed E-state index contributed by atoms with van der Waals surface area (Å²) in [6, 6.07) is 0. The molecule has 3 nitrogen and oxygen atoms in total. The molecule has 0 amide bonds. The Kier molecular flexibility index (Phi) is 4.72. The monoisotopic (exact) mass is 144 g/mol. The molecular formula is C7H16N2O. The number of nitrogens with zero attached hydrogens (tertiary/aromatic N) is 1. The molecule has 0 aromatic heterocycles. The molecular weight excluding hydrogens is 128 g/mol. The van der Waals surface area contributed by atoms with E-state index in [2.05, 4.69) is 19.0 Å². The maximum Gasteiger partial charge on any atom is 0.136 e. The van der Waals surface area contributed by atoms with E-state index in [9.17, 15) is 0 Å². The van der Waals surface area contributed by atoms with E-state index in [1.165, 1.54) is 0 Å². The van der Waals surface area contributed by atoms with Gasteiger partial charge in [-0.25, -0.2) is 0 Å². The van der Waals surface area contributed by atoms with Crippen molar-refractivity contribution in [3.05, 3.63) is 0 Å². The Balaban J connectivity index is 3.13. The number of rotatable bonds is 4. The van der Waals surface area contributed by atoms with E-state index in [0.717, 1.165) is 6.42 Å². The van der Waals surface area contributed by atoms with Gasteiger partial charge in [0.1, 0.15) is 12.4 Å². The third-order valence-electron chi connectivity index (χ3n) is 0.995. The quantitative estimate of drug-likeness (QED) is 0.280. The molecule has 0 aliphatic rings. The lowest BCUT2D eigenvalue weighted by Crippen LogP contribution is -2.06. The van der Waals surface area contributed by atoms with Crippen molar-refractivity contribution in [3.63, 3.8) is 0 Å². The average Bonchev–Trinajstić information content (AvgIpc) is 1.79. The molecule has 0 heterocycles. The van der Waals surface area contributed by atoms with Gasteiger partial charge in [-0.3, -0.25) is 0 Å². The van der Waals surface area contributed by atoms with Crippen LogP contribution < -0.4 is 5.73 Å². The molecule has 0 radical (unpaired) electrons. The van der Waals surface area contributed by atoms with Gasteiger partial charge < -0.3 is 10.6 Å². The smallest absolute Gasteiger partial charge is 0.136 e. The molecule has 0 atom stereocenters. The van der Waals surface area contributed by atoms with Crippen LogP contribution in [-0.4, -0.2) is 12.4 Å². The second-order valence-electron chi connectivity index (χ2n) is 2.75. The maximum atomic E-state index is 5.23. The first kappa shape index (κ1) is 9.27. The van der Waals surface area contributed by atoms with Crippen molar-refractivity contribution < 1.29 is 4.84 Å². The van der Waals surface area contributed by atoms with Crippen LogP contribution in [0.4, 0.5) is 0 Å². The fourth-order valence-electron chi connectivity index (χ4n) is 0.436. The Hall–Kier alpha value is -0.730. The summed E-state index contributed by atoms with van der Waals surface area (Å²) in [6.07, 6.45) is 1.02. The molecule has 0 saturated heterocycles. The molecule has 0 aromatic carbocycles. The van der Waals surface area contributed by atoms with Crippen molar-refractivity contribution in [2.24, 2.45) is 16.8 Å². The molecule has 2 N–H and O–H groups in total. The van der Waals surface area contributed by atoms with Gasteiger partial charge >= 0.3 is 0 Å². The van der Waals surface area contributed by atoms with Crippen LogP contribution in [0.2, 0.25) is 0 Å².